The van der Waals surface area contributed by atoms with Crippen molar-refractivity contribution in [3.63, 3.8) is 0 Å². The first kappa shape index (κ1) is 12.1. The molecule has 1 heterocycles. The predicted octanol–water partition coefficient (Wildman–Crippen LogP) is 3.01. The SMILES string of the molecule is C[C@H]1C[C@H]2O[C@H]2[C@H](OCc2ccccc2)C1(F)F. The maximum Gasteiger partial charge on any atom is 0.278 e. The number of halogens is 2. The Bertz CT molecular complexity index is 421. The molecule has 1 aliphatic carbocycles. The molecule has 0 unspecified atom stereocenters. The largest absolute Gasteiger partial charge is 0.366 e. The van der Waals surface area contributed by atoms with Crippen molar-refractivity contribution in [1.82, 2.24) is 0 Å². The van der Waals surface area contributed by atoms with Crippen LogP contribution in [0.1, 0.15) is 18.9 Å². The van der Waals surface area contributed by atoms with Crippen LogP contribution in [0.5, 0.6) is 0 Å². The average molecular weight is 254 g/mol. The number of fused-ring (bicyclic) bond motifs is 1. The van der Waals surface area contributed by atoms with Crippen molar-refractivity contribution in [3.05, 3.63) is 35.9 Å². The second-order valence-electron chi connectivity index (χ2n) is 5.17. The van der Waals surface area contributed by atoms with Crippen LogP contribution in [-0.2, 0) is 16.1 Å². The fourth-order valence-electron chi connectivity index (χ4n) is 2.58. The minimum absolute atomic E-state index is 0.0274. The molecule has 1 aliphatic heterocycles. The van der Waals surface area contributed by atoms with Crippen molar-refractivity contribution in [2.24, 2.45) is 5.92 Å². The fourth-order valence-corrected chi connectivity index (χ4v) is 2.58. The molecule has 0 N–H and O–H groups in total. The quantitative estimate of drug-likeness (QED) is 0.773. The second-order valence-corrected chi connectivity index (χ2v) is 5.17. The Balaban J connectivity index is 1.68. The lowest BCUT2D eigenvalue weighted by Crippen LogP contribution is -2.49. The molecular formula is C14H16F2O2. The summed E-state index contributed by atoms with van der Waals surface area (Å²) in [6, 6.07) is 9.37. The number of epoxide rings is 1. The van der Waals surface area contributed by atoms with Crippen LogP contribution in [0, 0.1) is 5.92 Å². The molecule has 2 nitrogen and oxygen atoms in total. The Morgan fingerprint density at radius 3 is 2.78 bits per heavy atom. The van der Waals surface area contributed by atoms with E-state index in [1.807, 2.05) is 30.3 Å². The van der Waals surface area contributed by atoms with E-state index in [9.17, 15) is 8.78 Å². The number of hydrogen-bond donors (Lipinski definition) is 0. The average Bonchev–Trinajstić information content (AvgIpc) is 3.09. The van der Waals surface area contributed by atoms with Crippen LogP contribution in [0.3, 0.4) is 0 Å². The van der Waals surface area contributed by atoms with Gasteiger partial charge in [-0.25, -0.2) is 8.78 Å². The smallest absolute Gasteiger partial charge is 0.278 e. The summed E-state index contributed by atoms with van der Waals surface area (Å²) in [6.07, 6.45) is -1.12. The lowest BCUT2D eigenvalue weighted by atomic mass is 9.85. The monoisotopic (exact) mass is 254 g/mol. The first-order valence-corrected chi connectivity index (χ1v) is 6.28. The van der Waals surface area contributed by atoms with E-state index in [2.05, 4.69) is 0 Å². The third-order valence-electron chi connectivity index (χ3n) is 3.81. The van der Waals surface area contributed by atoms with Crippen LogP contribution < -0.4 is 0 Å². The molecule has 0 spiro atoms. The van der Waals surface area contributed by atoms with Crippen molar-refractivity contribution in [2.75, 3.05) is 0 Å². The van der Waals surface area contributed by atoms with Crippen LogP contribution >= 0.6 is 0 Å². The van der Waals surface area contributed by atoms with E-state index in [-0.39, 0.29) is 12.7 Å². The number of rotatable bonds is 3. The van der Waals surface area contributed by atoms with Crippen LogP contribution in [0.25, 0.3) is 0 Å². The molecule has 1 saturated heterocycles. The van der Waals surface area contributed by atoms with E-state index < -0.39 is 24.0 Å². The molecule has 1 saturated carbocycles. The summed E-state index contributed by atoms with van der Waals surface area (Å²) < 4.78 is 38.8. The van der Waals surface area contributed by atoms with E-state index >= 15 is 0 Å². The highest BCUT2D eigenvalue weighted by atomic mass is 19.3. The Hall–Kier alpha value is -1.00. The fraction of sp³-hybridized carbons (Fsp3) is 0.571. The molecule has 0 amide bonds. The van der Waals surface area contributed by atoms with E-state index in [1.165, 1.54) is 0 Å². The first-order valence-electron chi connectivity index (χ1n) is 6.28. The summed E-state index contributed by atoms with van der Waals surface area (Å²) in [5.41, 5.74) is 0.906. The van der Waals surface area contributed by atoms with Gasteiger partial charge in [-0.3, -0.25) is 0 Å². The van der Waals surface area contributed by atoms with Gasteiger partial charge in [-0.1, -0.05) is 37.3 Å². The topological polar surface area (TPSA) is 21.8 Å². The highest BCUT2D eigenvalue weighted by Gasteiger charge is 2.63. The molecule has 4 heteroatoms. The van der Waals surface area contributed by atoms with Crippen LogP contribution in [0.2, 0.25) is 0 Å². The number of ether oxygens (including phenoxy) is 2. The van der Waals surface area contributed by atoms with E-state index in [1.54, 1.807) is 6.92 Å². The standard InChI is InChI=1S/C14H16F2O2/c1-9-7-11-12(18-11)13(14(9,15)16)17-8-10-5-3-2-4-6-10/h2-6,9,11-13H,7-8H2,1H3/t9-,11+,12+,13-/m0/s1. The molecule has 0 bridgehead atoms. The maximum atomic E-state index is 14.0. The van der Waals surface area contributed by atoms with Crippen molar-refractivity contribution in [2.45, 2.75) is 44.2 Å². The highest BCUT2D eigenvalue weighted by Crippen LogP contribution is 2.49. The second kappa shape index (κ2) is 4.28. The molecule has 98 valence electrons. The lowest BCUT2D eigenvalue weighted by Gasteiger charge is -2.33. The van der Waals surface area contributed by atoms with Crippen LogP contribution in [0.4, 0.5) is 8.78 Å². The molecule has 0 radical (unpaired) electrons. The molecule has 1 aromatic carbocycles. The minimum Gasteiger partial charge on any atom is -0.366 e. The molecule has 0 aromatic heterocycles. The minimum atomic E-state index is -2.80. The summed E-state index contributed by atoms with van der Waals surface area (Å²) in [7, 11) is 0. The van der Waals surface area contributed by atoms with Gasteiger partial charge in [0, 0.05) is 5.92 Å². The molecular weight excluding hydrogens is 238 g/mol. The zero-order valence-corrected chi connectivity index (χ0v) is 10.2. The van der Waals surface area contributed by atoms with Gasteiger partial charge in [0.25, 0.3) is 5.92 Å². The maximum absolute atomic E-state index is 14.0. The van der Waals surface area contributed by atoms with Gasteiger partial charge in [0.05, 0.1) is 12.7 Å². The Morgan fingerprint density at radius 2 is 2.06 bits per heavy atom. The third-order valence-corrected chi connectivity index (χ3v) is 3.81. The zero-order chi connectivity index (χ0) is 12.8. The van der Waals surface area contributed by atoms with Gasteiger partial charge in [-0.05, 0) is 12.0 Å². The molecule has 2 aliphatic rings. The molecule has 4 atom stereocenters. The third kappa shape index (κ3) is 2.04. The van der Waals surface area contributed by atoms with Gasteiger partial charge in [0.1, 0.15) is 6.10 Å². The van der Waals surface area contributed by atoms with E-state index in [0.717, 1.165) is 5.56 Å². The lowest BCUT2D eigenvalue weighted by molar-refractivity contribution is -0.184. The van der Waals surface area contributed by atoms with Crippen LogP contribution in [0.15, 0.2) is 30.3 Å². The Kier molecular flexibility index (Phi) is 2.87. The molecule has 2 fully saturated rings. The van der Waals surface area contributed by atoms with E-state index in [0.29, 0.717) is 6.42 Å². The summed E-state index contributed by atoms with van der Waals surface area (Å²) in [4.78, 5) is 0. The predicted molar refractivity (Wildman–Crippen MR) is 62.4 cm³/mol. The number of benzene rings is 1. The molecule has 3 rings (SSSR count). The summed E-state index contributed by atoms with van der Waals surface area (Å²) in [5, 5.41) is 0. The van der Waals surface area contributed by atoms with E-state index in [4.69, 9.17) is 9.47 Å². The Labute approximate surface area is 105 Å². The van der Waals surface area contributed by atoms with Crippen molar-refractivity contribution < 1.29 is 18.3 Å². The first-order chi connectivity index (χ1) is 8.59. The van der Waals surface area contributed by atoms with Crippen molar-refractivity contribution in [1.29, 1.82) is 0 Å². The number of hydrogen-bond acceptors (Lipinski definition) is 2. The zero-order valence-electron chi connectivity index (χ0n) is 10.2. The summed E-state index contributed by atoms with van der Waals surface area (Å²) in [6.45, 7) is 1.77. The van der Waals surface area contributed by atoms with Gasteiger partial charge in [0.15, 0.2) is 6.10 Å². The summed E-state index contributed by atoms with van der Waals surface area (Å²) >= 11 is 0. The highest BCUT2D eigenvalue weighted by molar-refractivity contribution is 5.14. The van der Waals surface area contributed by atoms with Crippen molar-refractivity contribution >= 4 is 0 Å². The number of alkyl halides is 2. The Morgan fingerprint density at radius 1 is 1.33 bits per heavy atom. The van der Waals surface area contributed by atoms with Gasteiger partial charge in [0.2, 0.25) is 0 Å². The molecule has 18 heavy (non-hydrogen) atoms. The van der Waals surface area contributed by atoms with Crippen molar-refractivity contribution in [3.8, 4) is 0 Å². The van der Waals surface area contributed by atoms with Gasteiger partial charge in [-0.2, -0.15) is 0 Å². The molecule has 1 aromatic rings. The van der Waals surface area contributed by atoms with Gasteiger partial charge >= 0.3 is 0 Å². The van der Waals surface area contributed by atoms with Gasteiger partial charge in [-0.15, -0.1) is 0 Å². The normalized spacial score (nSPS) is 37.1. The van der Waals surface area contributed by atoms with Crippen LogP contribution in [-0.4, -0.2) is 24.2 Å². The summed E-state index contributed by atoms with van der Waals surface area (Å²) in [5.74, 6) is -3.48. The van der Waals surface area contributed by atoms with Gasteiger partial charge < -0.3 is 9.47 Å².